The SMILES string of the molecule is CC1CCC(NC(=O)c2nccnc2N)(C(=O)O)CC1. The van der Waals surface area contributed by atoms with Crippen molar-refractivity contribution in [3.8, 4) is 0 Å². The molecule has 1 amide bonds. The molecule has 108 valence electrons. The lowest BCUT2D eigenvalue weighted by Gasteiger charge is -2.36. The molecule has 4 N–H and O–H groups in total. The lowest BCUT2D eigenvalue weighted by Crippen LogP contribution is -2.56. The maximum atomic E-state index is 12.2. The predicted molar refractivity (Wildman–Crippen MR) is 71.9 cm³/mol. The van der Waals surface area contributed by atoms with Crippen LogP contribution in [-0.4, -0.2) is 32.5 Å². The van der Waals surface area contributed by atoms with Gasteiger partial charge in [-0.2, -0.15) is 0 Å². The molecule has 0 unspecified atom stereocenters. The molecular formula is C13H18N4O3. The number of carbonyl (C=O) groups is 2. The number of aliphatic carboxylic acids is 1. The van der Waals surface area contributed by atoms with Gasteiger partial charge in [0.2, 0.25) is 0 Å². The minimum absolute atomic E-state index is 0.00489. The topological polar surface area (TPSA) is 118 Å². The molecule has 1 fully saturated rings. The third-order valence-corrected chi connectivity index (χ3v) is 3.83. The van der Waals surface area contributed by atoms with E-state index in [1.165, 1.54) is 12.4 Å². The van der Waals surface area contributed by atoms with Crippen molar-refractivity contribution in [2.24, 2.45) is 5.92 Å². The van der Waals surface area contributed by atoms with Gasteiger partial charge in [0.25, 0.3) is 5.91 Å². The second-order valence-corrected chi connectivity index (χ2v) is 5.31. The van der Waals surface area contributed by atoms with E-state index in [1.54, 1.807) is 0 Å². The number of anilines is 1. The number of rotatable bonds is 3. The van der Waals surface area contributed by atoms with Crippen LogP contribution < -0.4 is 11.1 Å². The zero-order valence-corrected chi connectivity index (χ0v) is 11.3. The van der Waals surface area contributed by atoms with Crippen molar-refractivity contribution >= 4 is 17.7 Å². The van der Waals surface area contributed by atoms with Crippen molar-refractivity contribution in [3.05, 3.63) is 18.1 Å². The maximum Gasteiger partial charge on any atom is 0.329 e. The van der Waals surface area contributed by atoms with Crippen LogP contribution in [0.1, 0.15) is 43.1 Å². The lowest BCUT2D eigenvalue weighted by molar-refractivity contribution is -0.146. The van der Waals surface area contributed by atoms with Gasteiger partial charge in [0, 0.05) is 12.4 Å². The van der Waals surface area contributed by atoms with Gasteiger partial charge in [0.15, 0.2) is 11.5 Å². The Balaban J connectivity index is 2.19. The van der Waals surface area contributed by atoms with E-state index in [0.29, 0.717) is 18.8 Å². The molecule has 0 saturated heterocycles. The van der Waals surface area contributed by atoms with E-state index in [4.69, 9.17) is 5.73 Å². The van der Waals surface area contributed by atoms with Crippen LogP contribution >= 0.6 is 0 Å². The van der Waals surface area contributed by atoms with E-state index < -0.39 is 17.4 Å². The van der Waals surface area contributed by atoms with Crippen molar-refractivity contribution in [2.45, 2.75) is 38.1 Å². The normalized spacial score (nSPS) is 25.9. The van der Waals surface area contributed by atoms with Gasteiger partial charge in [0.1, 0.15) is 5.54 Å². The summed E-state index contributed by atoms with van der Waals surface area (Å²) in [6, 6.07) is 0. The van der Waals surface area contributed by atoms with Crippen LogP contribution in [-0.2, 0) is 4.79 Å². The van der Waals surface area contributed by atoms with E-state index in [9.17, 15) is 14.7 Å². The molecule has 7 heteroatoms. The highest BCUT2D eigenvalue weighted by molar-refractivity contribution is 5.99. The Morgan fingerprint density at radius 2 is 1.95 bits per heavy atom. The second kappa shape index (κ2) is 5.44. The first-order valence-corrected chi connectivity index (χ1v) is 6.57. The summed E-state index contributed by atoms with van der Waals surface area (Å²) in [6.07, 6.45) is 5.08. The summed E-state index contributed by atoms with van der Waals surface area (Å²) in [5.41, 5.74) is 4.32. The van der Waals surface area contributed by atoms with Gasteiger partial charge >= 0.3 is 5.97 Å². The van der Waals surface area contributed by atoms with Gasteiger partial charge in [-0.05, 0) is 31.6 Å². The highest BCUT2D eigenvalue weighted by Gasteiger charge is 2.43. The van der Waals surface area contributed by atoms with E-state index in [0.717, 1.165) is 12.8 Å². The quantitative estimate of drug-likeness (QED) is 0.753. The summed E-state index contributed by atoms with van der Waals surface area (Å²) < 4.78 is 0. The largest absolute Gasteiger partial charge is 0.480 e. The molecule has 0 aromatic carbocycles. The fourth-order valence-electron chi connectivity index (χ4n) is 2.45. The maximum absolute atomic E-state index is 12.2. The highest BCUT2D eigenvalue weighted by Crippen LogP contribution is 2.32. The van der Waals surface area contributed by atoms with Crippen LogP contribution in [0.4, 0.5) is 5.82 Å². The Hall–Kier alpha value is -2.18. The smallest absolute Gasteiger partial charge is 0.329 e. The van der Waals surface area contributed by atoms with Gasteiger partial charge in [0.05, 0.1) is 0 Å². The number of aromatic nitrogens is 2. The Morgan fingerprint density at radius 1 is 1.35 bits per heavy atom. The highest BCUT2D eigenvalue weighted by atomic mass is 16.4. The standard InChI is InChI=1S/C13H18N4O3/c1-8-2-4-13(5-3-8,12(19)20)17-11(18)9-10(14)16-7-6-15-9/h6-8H,2-5H2,1H3,(H2,14,16)(H,17,18)(H,19,20). The summed E-state index contributed by atoms with van der Waals surface area (Å²) in [6.45, 7) is 2.08. The summed E-state index contributed by atoms with van der Waals surface area (Å²) in [5, 5.41) is 12.0. The van der Waals surface area contributed by atoms with Crippen LogP contribution in [0.2, 0.25) is 0 Å². The average molecular weight is 278 g/mol. The number of hydrogen-bond acceptors (Lipinski definition) is 5. The third kappa shape index (κ3) is 2.71. The molecule has 1 aromatic rings. The lowest BCUT2D eigenvalue weighted by atomic mass is 9.77. The number of carbonyl (C=O) groups excluding carboxylic acids is 1. The second-order valence-electron chi connectivity index (χ2n) is 5.31. The zero-order chi connectivity index (χ0) is 14.8. The van der Waals surface area contributed by atoms with Crippen molar-refractivity contribution in [3.63, 3.8) is 0 Å². The molecule has 7 nitrogen and oxygen atoms in total. The minimum atomic E-state index is -1.23. The van der Waals surface area contributed by atoms with Crippen LogP contribution in [0.25, 0.3) is 0 Å². The summed E-state index contributed by atoms with van der Waals surface area (Å²) in [5.74, 6) is -1.14. The third-order valence-electron chi connectivity index (χ3n) is 3.83. The summed E-state index contributed by atoms with van der Waals surface area (Å²) in [7, 11) is 0. The van der Waals surface area contributed by atoms with Crippen molar-refractivity contribution in [2.75, 3.05) is 5.73 Å². The van der Waals surface area contributed by atoms with Crippen molar-refractivity contribution in [1.29, 1.82) is 0 Å². The fraction of sp³-hybridized carbons (Fsp3) is 0.538. The Kier molecular flexibility index (Phi) is 3.87. The molecular weight excluding hydrogens is 260 g/mol. The van der Waals surface area contributed by atoms with E-state index in [2.05, 4.69) is 22.2 Å². The molecule has 1 aliphatic carbocycles. The van der Waals surface area contributed by atoms with Gasteiger partial charge < -0.3 is 16.2 Å². The van der Waals surface area contributed by atoms with Crippen LogP contribution in [0.15, 0.2) is 12.4 Å². The van der Waals surface area contributed by atoms with E-state index >= 15 is 0 Å². The molecule has 0 aliphatic heterocycles. The van der Waals surface area contributed by atoms with Crippen LogP contribution in [0, 0.1) is 5.92 Å². The zero-order valence-electron chi connectivity index (χ0n) is 11.3. The van der Waals surface area contributed by atoms with E-state index in [1.807, 2.05) is 0 Å². The number of nitrogens with zero attached hydrogens (tertiary/aromatic N) is 2. The van der Waals surface area contributed by atoms with Crippen molar-refractivity contribution in [1.82, 2.24) is 15.3 Å². The van der Waals surface area contributed by atoms with Gasteiger partial charge in [-0.3, -0.25) is 4.79 Å². The molecule has 0 bridgehead atoms. The van der Waals surface area contributed by atoms with Gasteiger partial charge in [-0.25, -0.2) is 14.8 Å². The van der Waals surface area contributed by atoms with Crippen molar-refractivity contribution < 1.29 is 14.7 Å². The number of carboxylic acids is 1. The number of nitrogens with two attached hydrogens (primary N) is 1. The van der Waals surface area contributed by atoms with Crippen LogP contribution in [0.3, 0.4) is 0 Å². The Morgan fingerprint density at radius 3 is 2.50 bits per heavy atom. The molecule has 1 heterocycles. The molecule has 0 spiro atoms. The number of nitrogens with one attached hydrogen (secondary N) is 1. The summed E-state index contributed by atoms with van der Waals surface area (Å²) in [4.78, 5) is 31.4. The molecule has 1 aromatic heterocycles. The van der Waals surface area contributed by atoms with Gasteiger partial charge in [-0.1, -0.05) is 6.92 Å². The minimum Gasteiger partial charge on any atom is -0.480 e. The Bertz CT molecular complexity index is 524. The molecule has 0 atom stereocenters. The fourth-order valence-corrected chi connectivity index (χ4v) is 2.45. The number of nitrogen functional groups attached to an aromatic ring is 1. The number of hydrogen-bond donors (Lipinski definition) is 3. The van der Waals surface area contributed by atoms with E-state index in [-0.39, 0.29) is 11.5 Å². The monoisotopic (exact) mass is 278 g/mol. The average Bonchev–Trinajstić information content (AvgIpc) is 2.41. The molecule has 20 heavy (non-hydrogen) atoms. The number of amides is 1. The van der Waals surface area contributed by atoms with Crippen LogP contribution in [0.5, 0.6) is 0 Å². The molecule has 1 saturated carbocycles. The van der Waals surface area contributed by atoms with Gasteiger partial charge in [-0.15, -0.1) is 0 Å². The molecule has 0 radical (unpaired) electrons. The first kappa shape index (κ1) is 14.2. The summed E-state index contributed by atoms with van der Waals surface area (Å²) >= 11 is 0. The molecule has 1 aliphatic rings. The first-order valence-electron chi connectivity index (χ1n) is 6.57. The molecule has 2 rings (SSSR count). The Labute approximate surface area is 116 Å². The number of carboxylic acid groups (broad SMARTS) is 1. The predicted octanol–water partition coefficient (Wildman–Crippen LogP) is 0.822. The first-order chi connectivity index (χ1) is 9.44.